The molecule has 5 amide bonds. The maximum absolute atomic E-state index is 12.5. The summed E-state index contributed by atoms with van der Waals surface area (Å²) in [7, 11) is 1.53. The Labute approximate surface area is 153 Å². The second-order valence-corrected chi connectivity index (χ2v) is 6.37. The molecular formula is C18H27N5O3. The fourth-order valence-corrected chi connectivity index (χ4v) is 2.88. The van der Waals surface area contributed by atoms with Gasteiger partial charge in [-0.15, -0.1) is 0 Å². The van der Waals surface area contributed by atoms with Crippen LogP contribution in [-0.4, -0.2) is 55.1 Å². The van der Waals surface area contributed by atoms with Crippen LogP contribution in [0.1, 0.15) is 25.3 Å². The van der Waals surface area contributed by atoms with Crippen molar-refractivity contribution >= 4 is 18.0 Å². The largest absolute Gasteiger partial charge is 0.350 e. The van der Waals surface area contributed by atoms with E-state index in [0.717, 1.165) is 12.0 Å². The zero-order valence-corrected chi connectivity index (χ0v) is 15.2. The molecule has 142 valence electrons. The first-order chi connectivity index (χ1) is 12.5. The average Bonchev–Trinajstić information content (AvgIpc) is 3.15. The summed E-state index contributed by atoms with van der Waals surface area (Å²) in [6, 6.07) is 8.40. The van der Waals surface area contributed by atoms with Crippen LogP contribution >= 0.6 is 0 Å². The number of amides is 5. The van der Waals surface area contributed by atoms with Gasteiger partial charge in [0.25, 0.3) is 0 Å². The van der Waals surface area contributed by atoms with E-state index in [1.54, 1.807) is 4.90 Å². The highest BCUT2D eigenvalue weighted by Gasteiger charge is 2.34. The highest BCUT2D eigenvalue weighted by molar-refractivity contribution is 5.87. The second kappa shape index (κ2) is 9.65. The van der Waals surface area contributed by atoms with Crippen LogP contribution in [0.2, 0.25) is 0 Å². The van der Waals surface area contributed by atoms with Gasteiger partial charge in [-0.2, -0.15) is 0 Å². The van der Waals surface area contributed by atoms with Crippen molar-refractivity contribution in [1.82, 2.24) is 26.2 Å². The quantitative estimate of drug-likeness (QED) is 0.602. The SMILES string of the molecule is CNC(=O)NC[C@H](C)NC(=O)[C@H]1CCCN1C(=O)NCc1ccccc1. The van der Waals surface area contributed by atoms with E-state index in [9.17, 15) is 14.4 Å². The minimum absolute atomic E-state index is 0.191. The third-order valence-corrected chi connectivity index (χ3v) is 4.29. The van der Waals surface area contributed by atoms with Gasteiger partial charge in [-0.25, -0.2) is 9.59 Å². The molecule has 4 N–H and O–H groups in total. The molecule has 26 heavy (non-hydrogen) atoms. The summed E-state index contributed by atoms with van der Waals surface area (Å²) in [5.41, 5.74) is 1.01. The van der Waals surface area contributed by atoms with Crippen LogP contribution < -0.4 is 21.3 Å². The normalized spacial score (nSPS) is 17.3. The van der Waals surface area contributed by atoms with Crippen LogP contribution in [0.25, 0.3) is 0 Å². The molecule has 1 aromatic carbocycles. The summed E-state index contributed by atoms with van der Waals surface area (Å²) in [5.74, 6) is -0.191. The van der Waals surface area contributed by atoms with E-state index >= 15 is 0 Å². The van der Waals surface area contributed by atoms with Gasteiger partial charge in [-0.3, -0.25) is 4.79 Å². The zero-order chi connectivity index (χ0) is 18.9. The van der Waals surface area contributed by atoms with Gasteiger partial charge in [0, 0.05) is 32.7 Å². The maximum atomic E-state index is 12.5. The van der Waals surface area contributed by atoms with Crippen molar-refractivity contribution < 1.29 is 14.4 Å². The molecule has 1 fully saturated rings. The topological polar surface area (TPSA) is 103 Å². The Morgan fingerprint density at radius 2 is 1.92 bits per heavy atom. The monoisotopic (exact) mass is 361 g/mol. The highest BCUT2D eigenvalue weighted by Crippen LogP contribution is 2.17. The molecule has 2 rings (SSSR count). The Morgan fingerprint density at radius 3 is 2.62 bits per heavy atom. The molecule has 0 spiro atoms. The number of nitrogens with zero attached hydrogens (tertiary/aromatic N) is 1. The van der Waals surface area contributed by atoms with E-state index in [4.69, 9.17) is 0 Å². The molecule has 1 aromatic rings. The van der Waals surface area contributed by atoms with Gasteiger partial charge < -0.3 is 26.2 Å². The minimum atomic E-state index is -0.478. The number of nitrogens with one attached hydrogen (secondary N) is 4. The van der Waals surface area contributed by atoms with Gasteiger partial charge in [-0.1, -0.05) is 30.3 Å². The molecule has 8 heteroatoms. The van der Waals surface area contributed by atoms with Crippen LogP contribution in [0.5, 0.6) is 0 Å². The first-order valence-corrected chi connectivity index (χ1v) is 8.85. The predicted molar refractivity (Wildman–Crippen MR) is 98.5 cm³/mol. The summed E-state index contributed by atoms with van der Waals surface area (Å²) in [6.45, 7) is 3.11. The average molecular weight is 361 g/mol. The zero-order valence-electron chi connectivity index (χ0n) is 15.2. The Hall–Kier alpha value is -2.77. The Morgan fingerprint density at radius 1 is 1.19 bits per heavy atom. The van der Waals surface area contributed by atoms with E-state index in [2.05, 4.69) is 21.3 Å². The maximum Gasteiger partial charge on any atom is 0.318 e. The van der Waals surface area contributed by atoms with E-state index in [-0.39, 0.29) is 24.0 Å². The van der Waals surface area contributed by atoms with Crippen molar-refractivity contribution in [3.63, 3.8) is 0 Å². The van der Waals surface area contributed by atoms with Gasteiger partial charge in [0.1, 0.15) is 6.04 Å². The van der Waals surface area contributed by atoms with Crippen LogP contribution in [0, 0.1) is 0 Å². The van der Waals surface area contributed by atoms with Crippen LogP contribution in [0.4, 0.5) is 9.59 Å². The molecule has 0 unspecified atom stereocenters. The number of hydrogen-bond acceptors (Lipinski definition) is 3. The molecule has 0 radical (unpaired) electrons. The predicted octanol–water partition coefficient (Wildman–Crippen LogP) is 0.794. The Bertz CT molecular complexity index is 623. The standard InChI is InChI=1S/C18H27N5O3/c1-13(11-20-17(25)19-2)22-16(24)15-9-6-10-23(15)18(26)21-12-14-7-4-3-5-8-14/h3-5,7-8,13,15H,6,9-12H2,1-2H3,(H,21,26)(H,22,24)(H2,19,20,25)/t13-,15+/m0/s1. The molecular weight excluding hydrogens is 334 g/mol. The summed E-state index contributed by atoms with van der Waals surface area (Å²) < 4.78 is 0. The highest BCUT2D eigenvalue weighted by atomic mass is 16.2. The van der Waals surface area contributed by atoms with E-state index in [0.29, 0.717) is 26.1 Å². The number of urea groups is 2. The van der Waals surface area contributed by atoms with Gasteiger partial charge in [0.15, 0.2) is 0 Å². The number of hydrogen-bond donors (Lipinski definition) is 4. The molecule has 0 bridgehead atoms. The fourth-order valence-electron chi connectivity index (χ4n) is 2.88. The number of carbonyl (C=O) groups is 3. The van der Waals surface area contributed by atoms with Crippen molar-refractivity contribution in [2.45, 2.75) is 38.4 Å². The second-order valence-electron chi connectivity index (χ2n) is 6.37. The smallest absolute Gasteiger partial charge is 0.318 e. The van der Waals surface area contributed by atoms with E-state index in [1.807, 2.05) is 37.3 Å². The molecule has 0 saturated carbocycles. The summed E-state index contributed by atoms with van der Waals surface area (Å²) in [5, 5.41) is 10.8. The summed E-state index contributed by atoms with van der Waals surface area (Å²) >= 11 is 0. The number of carbonyl (C=O) groups excluding carboxylic acids is 3. The molecule has 0 aromatic heterocycles. The van der Waals surface area contributed by atoms with Gasteiger partial charge in [-0.05, 0) is 25.3 Å². The van der Waals surface area contributed by atoms with Crippen molar-refractivity contribution in [2.24, 2.45) is 0 Å². The summed E-state index contributed by atoms with van der Waals surface area (Å²) in [4.78, 5) is 37.7. The molecule has 1 heterocycles. The van der Waals surface area contributed by atoms with E-state index in [1.165, 1.54) is 7.05 Å². The lowest BCUT2D eigenvalue weighted by atomic mass is 10.2. The van der Waals surface area contributed by atoms with Crippen LogP contribution in [0.15, 0.2) is 30.3 Å². The molecule has 2 atom stereocenters. The minimum Gasteiger partial charge on any atom is -0.350 e. The Balaban J connectivity index is 1.82. The first kappa shape index (κ1) is 19.6. The van der Waals surface area contributed by atoms with Crippen molar-refractivity contribution in [2.75, 3.05) is 20.1 Å². The van der Waals surface area contributed by atoms with Crippen molar-refractivity contribution in [3.05, 3.63) is 35.9 Å². The van der Waals surface area contributed by atoms with E-state index < -0.39 is 6.04 Å². The van der Waals surface area contributed by atoms with Crippen molar-refractivity contribution in [3.8, 4) is 0 Å². The van der Waals surface area contributed by atoms with Crippen LogP contribution in [-0.2, 0) is 11.3 Å². The molecule has 1 aliphatic heterocycles. The molecule has 1 saturated heterocycles. The molecule has 8 nitrogen and oxygen atoms in total. The first-order valence-electron chi connectivity index (χ1n) is 8.85. The summed E-state index contributed by atoms with van der Waals surface area (Å²) in [6.07, 6.45) is 1.43. The number of likely N-dealkylation sites (tertiary alicyclic amines) is 1. The van der Waals surface area contributed by atoms with Crippen molar-refractivity contribution in [1.29, 1.82) is 0 Å². The molecule has 1 aliphatic rings. The number of rotatable bonds is 6. The van der Waals surface area contributed by atoms with Gasteiger partial charge in [0.2, 0.25) is 5.91 Å². The number of benzene rings is 1. The van der Waals surface area contributed by atoms with Gasteiger partial charge >= 0.3 is 12.1 Å². The lowest BCUT2D eigenvalue weighted by Gasteiger charge is -2.26. The third-order valence-electron chi connectivity index (χ3n) is 4.29. The lowest BCUT2D eigenvalue weighted by Crippen LogP contribution is -2.52. The third kappa shape index (κ3) is 5.65. The molecule has 0 aliphatic carbocycles. The Kier molecular flexibility index (Phi) is 7.25. The van der Waals surface area contributed by atoms with Crippen LogP contribution in [0.3, 0.4) is 0 Å². The lowest BCUT2D eigenvalue weighted by molar-refractivity contribution is -0.125. The fraction of sp³-hybridized carbons (Fsp3) is 0.500. The van der Waals surface area contributed by atoms with Gasteiger partial charge in [0.05, 0.1) is 0 Å².